The average molecular weight is 1590 g/mol. The SMILES string of the molecule is O.O.O.O.O.O.O.O.O.O.O.O.O.O.O.O.O.O.O.O.O.[Eu].[Eu].[Eu].[Eu].[Eu].[Eu].[Eu].[Eu]. The van der Waals surface area contributed by atoms with Gasteiger partial charge in [-0.15, -0.1) is 0 Å². The molecule has 42 N–H and O–H groups in total. The largest absolute Gasteiger partial charge is 0.412 e. The van der Waals surface area contributed by atoms with Gasteiger partial charge in [0.15, 0.2) is 0 Å². The first-order valence-electron chi connectivity index (χ1n) is 0. The molecule has 0 atom stereocenters. The van der Waals surface area contributed by atoms with E-state index in [1.807, 2.05) is 0 Å². The van der Waals surface area contributed by atoms with Gasteiger partial charge in [-0.2, -0.15) is 0 Å². The standard InChI is InChI=1S/8Eu.21H2O/h;;;;;;;;21*1H2. The van der Waals surface area contributed by atoms with E-state index < -0.39 is 0 Å². The van der Waals surface area contributed by atoms with Crippen molar-refractivity contribution in [3.63, 3.8) is 0 Å². The van der Waals surface area contributed by atoms with E-state index in [4.69, 9.17) is 0 Å². The molecule has 0 aliphatic heterocycles. The summed E-state index contributed by atoms with van der Waals surface area (Å²) < 4.78 is 0. The first-order valence-corrected chi connectivity index (χ1v) is 0. The van der Waals surface area contributed by atoms with Crippen LogP contribution in [0.3, 0.4) is 0 Å². The number of hydrogen-bond acceptors (Lipinski definition) is 0. The quantitative estimate of drug-likeness (QED) is 0.218. The Morgan fingerprint density at radius 1 is 0.0690 bits per heavy atom. The van der Waals surface area contributed by atoms with E-state index in [0.29, 0.717) is 0 Å². The van der Waals surface area contributed by atoms with E-state index in [0.717, 1.165) is 0 Å². The Morgan fingerprint density at radius 2 is 0.0690 bits per heavy atom. The summed E-state index contributed by atoms with van der Waals surface area (Å²) in [5.41, 5.74) is 0. The normalized spacial score (nSPS) is 0. The first kappa shape index (κ1) is 463. The van der Waals surface area contributed by atoms with Crippen LogP contribution >= 0.6 is 0 Å². The van der Waals surface area contributed by atoms with Crippen LogP contribution in [0.1, 0.15) is 0 Å². The van der Waals surface area contributed by atoms with Crippen molar-refractivity contribution in [3.8, 4) is 0 Å². The molecule has 29 heavy (non-hydrogen) atoms. The van der Waals surface area contributed by atoms with E-state index in [9.17, 15) is 0 Å². The smallest absolute Gasteiger partial charge is 0 e. The van der Waals surface area contributed by atoms with Crippen LogP contribution in [0.4, 0.5) is 0 Å². The van der Waals surface area contributed by atoms with Crippen LogP contribution in [0.5, 0.6) is 0 Å². The van der Waals surface area contributed by atoms with E-state index in [1.54, 1.807) is 0 Å². The van der Waals surface area contributed by atoms with Crippen LogP contribution < -0.4 is 0 Å². The van der Waals surface area contributed by atoms with Crippen molar-refractivity contribution in [3.05, 3.63) is 0 Å². The third-order valence-electron chi connectivity index (χ3n) is 0. The average Bonchev–Trinajstić information content (AvgIpc) is 0. The second-order valence-corrected chi connectivity index (χ2v) is 0. The molecule has 0 saturated carbocycles. The van der Waals surface area contributed by atoms with Gasteiger partial charge in [-0.1, -0.05) is 0 Å². The molecule has 0 saturated heterocycles. The molecule has 8 radical (unpaired) electrons. The van der Waals surface area contributed by atoms with Crippen molar-refractivity contribution in [1.82, 2.24) is 0 Å². The predicted molar refractivity (Wildman–Crippen MR) is 75.9 cm³/mol. The Bertz CT molecular complexity index is 24.6. The van der Waals surface area contributed by atoms with Gasteiger partial charge in [0, 0.05) is 395 Å². The molecule has 29 heteroatoms. The van der Waals surface area contributed by atoms with Gasteiger partial charge in [-0.25, -0.2) is 0 Å². The van der Waals surface area contributed by atoms with Crippen LogP contribution in [0.2, 0.25) is 0 Å². The van der Waals surface area contributed by atoms with Crippen molar-refractivity contribution < 1.29 is 510 Å². The second kappa shape index (κ2) is 429. The minimum Gasteiger partial charge on any atom is -0.412 e. The third kappa shape index (κ3) is 407. The van der Waals surface area contributed by atoms with Gasteiger partial charge in [0.1, 0.15) is 0 Å². The monoisotopic (exact) mass is 1600 g/mol. The van der Waals surface area contributed by atoms with Crippen molar-refractivity contribution in [2.75, 3.05) is 0 Å². The zero-order chi connectivity index (χ0) is 0. The van der Waals surface area contributed by atoms with Gasteiger partial charge in [-0.05, 0) is 0 Å². The van der Waals surface area contributed by atoms with Gasteiger partial charge in [0.25, 0.3) is 0 Å². The number of hydrogen-bond donors (Lipinski definition) is 0. The third-order valence-corrected chi connectivity index (χ3v) is 0. The molecule has 224 valence electrons. The predicted octanol–water partition coefficient (Wildman–Crippen LogP) is -17.3. The molecule has 21 nitrogen and oxygen atoms in total. The van der Waals surface area contributed by atoms with Crippen LogP contribution in [0.25, 0.3) is 0 Å². The molecule has 0 aromatic heterocycles. The summed E-state index contributed by atoms with van der Waals surface area (Å²) in [5, 5.41) is 0. The molecule has 0 heterocycles. The van der Waals surface area contributed by atoms with Crippen LogP contribution in [-0.4, -0.2) is 115 Å². The van der Waals surface area contributed by atoms with E-state index in [1.165, 1.54) is 0 Å². The van der Waals surface area contributed by atoms with Gasteiger partial charge >= 0.3 is 0 Å². The van der Waals surface area contributed by atoms with E-state index in [-0.39, 0.29) is 510 Å². The van der Waals surface area contributed by atoms with Gasteiger partial charge in [-0.3, -0.25) is 0 Å². The van der Waals surface area contributed by atoms with E-state index >= 15 is 0 Å². The van der Waals surface area contributed by atoms with Crippen molar-refractivity contribution in [1.29, 1.82) is 0 Å². The Labute approximate surface area is 493 Å². The van der Waals surface area contributed by atoms with Gasteiger partial charge < -0.3 is 115 Å². The first-order chi connectivity index (χ1) is 0. The van der Waals surface area contributed by atoms with Crippen LogP contribution in [-0.2, 0) is 0 Å². The molecule has 0 bridgehead atoms. The molecular formula is H42Eu8O21. The Morgan fingerprint density at radius 3 is 0.0690 bits per heavy atom. The fourth-order valence-electron chi connectivity index (χ4n) is 0. The summed E-state index contributed by atoms with van der Waals surface area (Å²) in [6, 6.07) is 0. The second-order valence-electron chi connectivity index (χ2n) is 0. The molecule has 0 aromatic carbocycles. The summed E-state index contributed by atoms with van der Waals surface area (Å²) in [7, 11) is 0. The fourth-order valence-corrected chi connectivity index (χ4v) is 0. The van der Waals surface area contributed by atoms with Crippen molar-refractivity contribution in [2.45, 2.75) is 0 Å². The molecule has 0 aliphatic rings. The van der Waals surface area contributed by atoms with Crippen molar-refractivity contribution in [2.24, 2.45) is 0 Å². The zero-order valence-electron chi connectivity index (χ0n) is 13.5. The Balaban J connectivity index is 0. The summed E-state index contributed by atoms with van der Waals surface area (Å²) in [4.78, 5) is 0. The van der Waals surface area contributed by atoms with Crippen molar-refractivity contribution >= 4 is 0 Å². The maximum atomic E-state index is 0. The summed E-state index contributed by atoms with van der Waals surface area (Å²) in [5.74, 6) is 0. The van der Waals surface area contributed by atoms with E-state index in [2.05, 4.69) is 0 Å². The van der Waals surface area contributed by atoms with Crippen LogP contribution in [0.15, 0.2) is 0 Å². The minimum absolute atomic E-state index is 0. The topological polar surface area (TPSA) is 662 Å². The Hall–Kier alpha value is 11.8. The molecule has 0 aliphatic carbocycles. The fraction of sp³-hybridized carbons (Fsp3) is 0. The molecule has 0 fully saturated rings. The van der Waals surface area contributed by atoms with Gasteiger partial charge in [0.2, 0.25) is 0 Å². The molecule has 0 rings (SSSR count). The molecule has 0 spiro atoms. The summed E-state index contributed by atoms with van der Waals surface area (Å²) >= 11 is 0. The number of rotatable bonds is 0. The summed E-state index contributed by atoms with van der Waals surface area (Å²) in [6.45, 7) is 0. The minimum atomic E-state index is 0. The molecule has 0 aromatic rings. The molecule has 0 unspecified atom stereocenters. The zero-order valence-corrected chi connectivity index (χ0v) is 32.9. The summed E-state index contributed by atoms with van der Waals surface area (Å²) in [6.07, 6.45) is 0. The van der Waals surface area contributed by atoms with Gasteiger partial charge in [0.05, 0.1) is 0 Å². The maximum absolute atomic E-state index is 0. The Kier molecular flexibility index (Phi) is 6840. The maximum Gasteiger partial charge on any atom is 0 e. The molecule has 0 amide bonds. The van der Waals surface area contributed by atoms with Crippen LogP contribution in [0, 0.1) is 395 Å². The molecular weight excluding hydrogens is 1550 g/mol.